The molecule has 3 heterocycles. The Labute approximate surface area is 115 Å². The largest absolute Gasteiger partial charge is 0.368 e. The van der Waals surface area contributed by atoms with Gasteiger partial charge >= 0.3 is 0 Å². The van der Waals surface area contributed by atoms with Crippen molar-refractivity contribution in [3.8, 4) is 0 Å². The van der Waals surface area contributed by atoms with Gasteiger partial charge in [-0.2, -0.15) is 4.98 Å². The van der Waals surface area contributed by atoms with Crippen LogP contribution in [0.3, 0.4) is 0 Å². The summed E-state index contributed by atoms with van der Waals surface area (Å²) in [5.74, 6) is 0.609. The van der Waals surface area contributed by atoms with E-state index >= 15 is 0 Å². The summed E-state index contributed by atoms with van der Waals surface area (Å²) in [7, 11) is 0. The van der Waals surface area contributed by atoms with Gasteiger partial charge in [0.25, 0.3) is 0 Å². The molecule has 7 heteroatoms. The average Bonchev–Trinajstić information content (AvgIpc) is 2.50. The maximum atomic E-state index is 5.64. The molecule has 0 unspecified atom stereocenters. The minimum atomic E-state index is 0.170. The highest BCUT2D eigenvalue weighted by molar-refractivity contribution is 5.71. The second-order valence-electron chi connectivity index (χ2n) is 3.89. The van der Waals surface area contributed by atoms with Crippen LogP contribution in [-0.2, 0) is 0 Å². The summed E-state index contributed by atoms with van der Waals surface area (Å²) >= 11 is 0. The molecule has 0 aromatic carbocycles. The lowest BCUT2D eigenvalue weighted by Crippen LogP contribution is -2.14. The van der Waals surface area contributed by atoms with Gasteiger partial charge in [-0.3, -0.25) is 14.9 Å². The molecule has 0 aliphatic carbocycles. The number of aromatic nitrogens is 5. The van der Waals surface area contributed by atoms with Crippen LogP contribution in [0.1, 0.15) is 0 Å². The SMILES string of the molecule is Nc1ncnc(N(c2ccncc2)c2ccncc2)n1. The van der Waals surface area contributed by atoms with E-state index < -0.39 is 0 Å². The van der Waals surface area contributed by atoms with Crippen LogP contribution in [-0.4, -0.2) is 24.9 Å². The molecule has 0 saturated heterocycles. The fraction of sp³-hybridized carbons (Fsp3) is 0. The fourth-order valence-corrected chi connectivity index (χ4v) is 1.77. The Hall–Kier alpha value is -3.09. The van der Waals surface area contributed by atoms with E-state index in [9.17, 15) is 0 Å². The first-order valence-electron chi connectivity index (χ1n) is 5.89. The van der Waals surface area contributed by atoms with Gasteiger partial charge in [-0.15, -0.1) is 0 Å². The summed E-state index contributed by atoms with van der Waals surface area (Å²) in [6.45, 7) is 0. The molecule has 0 bridgehead atoms. The second-order valence-corrected chi connectivity index (χ2v) is 3.89. The summed E-state index contributed by atoms with van der Waals surface area (Å²) < 4.78 is 0. The number of pyridine rings is 2. The first-order chi connectivity index (χ1) is 9.84. The number of hydrogen-bond acceptors (Lipinski definition) is 7. The van der Waals surface area contributed by atoms with Gasteiger partial charge in [-0.05, 0) is 24.3 Å². The molecule has 0 spiro atoms. The van der Waals surface area contributed by atoms with E-state index in [1.165, 1.54) is 6.33 Å². The van der Waals surface area contributed by atoms with Crippen molar-refractivity contribution in [2.24, 2.45) is 0 Å². The van der Waals surface area contributed by atoms with Crippen LogP contribution < -0.4 is 10.6 Å². The van der Waals surface area contributed by atoms with Crippen molar-refractivity contribution < 1.29 is 0 Å². The van der Waals surface area contributed by atoms with Crippen molar-refractivity contribution in [3.05, 3.63) is 55.4 Å². The maximum Gasteiger partial charge on any atom is 0.239 e. The molecule has 0 radical (unpaired) electrons. The highest BCUT2D eigenvalue weighted by atomic mass is 15.3. The molecule has 2 N–H and O–H groups in total. The van der Waals surface area contributed by atoms with Gasteiger partial charge in [0.05, 0.1) is 11.4 Å². The minimum Gasteiger partial charge on any atom is -0.368 e. The summed E-state index contributed by atoms with van der Waals surface area (Å²) in [6, 6.07) is 7.45. The summed E-state index contributed by atoms with van der Waals surface area (Å²) in [4.78, 5) is 22.0. The lowest BCUT2D eigenvalue weighted by Gasteiger charge is -2.22. The third kappa shape index (κ3) is 2.37. The van der Waals surface area contributed by atoms with Crippen molar-refractivity contribution in [2.45, 2.75) is 0 Å². The molecule has 98 valence electrons. The molecule has 7 nitrogen and oxygen atoms in total. The molecule has 3 rings (SSSR count). The molecular weight excluding hydrogens is 254 g/mol. The van der Waals surface area contributed by atoms with Crippen molar-refractivity contribution >= 4 is 23.3 Å². The average molecular weight is 265 g/mol. The van der Waals surface area contributed by atoms with Gasteiger partial charge in [0.15, 0.2) is 0 Å². The Morgan fingerprint density at radius 2 is 1.35 bits per heavy atom. The Kier molecular flexibility index (Phi) is 3.15. The van der Waals surface area contributed by atoms with Crippen LogP contribution in [0, 0.1) is 0 Å². The van der Waals surface area contributed by atoms with Crippen LogP contribution in [0.25, 0.3) is 0 Å². The molecule has 0 fully saturated rings. The molecular formula is C13H11N7. The fourth-order valence-electron chi connectivity index (χ4n) is 1.77. The highest BCUT2D eigenvalue weighted by Gasteiger charge is 2.14. The molecule has 3 aromatic heterocycles. The van der Waals surface area contributed by atoms with Crippen molar-refractivity contribution in [1.82, 2.24) is 24.9 Å². The number of anilines is 4. The summed E-state index contributed by atoms with van der Waals surface area (Å²) in [5.41, 5.74) is 7.38. The number of hydrogen-bond donors (Lipinski definition) is 1. The normalized spacial score (nSPS) is 10.2. The topological polar surface area (TPSA) is 93.7 Å². The predicted octanol–water partition coefficient (Wildman–Crippen LogP) is 1.71. The number of nitrogens with zero attached hydrogens (tertiary/aromatic N) is 6. The van der Waals surface area contributed by atoms with Crippen LogP contribution in [0.5, 0.6) is 0 Å². The van der Waals surface area contributed by atoms with Crippen LogP contribution in [0.2, 0.25) is 0 Å². The van der Waals surface area contributed by atoms with Gasteiger partial charge in [0.1, 0.15) is 6.33 Å². The van der Waals surface area contributed by atoms with Crippen LogP contribution in [0.15, 0.2) is 55.4 Å². The summed E-state index contributed by atoms with van der Waals surface area (Å²) in [5, 5.41) is 0. The smallest absolute Gasteiger partial charge is 0.239 e. The van der Waals surface area contributed by atoms with Gasteiger partial charge in [0.2, 0.25) is 11.9 Å². The van der Waals surface area contributed by atoms with E-state index in [0.29, 0.717) is 5.95 Å². The third-order valence-electron chi connectivity index (χ3n) is 2.62. The third-order valence-corrected chi connectivity index (χ3v) is 2.62. The first-order valence-corrected chi connectivity index (χ1v) is 5.89. The van der Waals surface area contributed by atoms with E-state index in [1.54, 1.807) is 24.8 Å². The van der Waals surface area contributed by atoms with Crippen molar-refractivity contribution in [3.63, 3.8) is 0 Å². The van der Waals surface area contributed by atoms with E-state index in [-0.39, 0.29) is 5.95 Å². The monoisotopic (exact) mass is 265 g/mol. The number of nitrogens with two attached hydrogens (primary N) is 1. The van der Waals surface area contributed by atoms with Gasteiger partial charge in [-0.1, -0.05) is 0 Å². The molecule has 0 aliphatic heterocycles. The molecule has 20 heavy (non-hydrogen) atoms. The Balaban J connectivity index is 2.14. The first kappa shape index (κ1) is 12.0. The summed E-state index contributed by atoms with van der Waals surface area (Å²) in [6.07, 6.45) is 8.19. The van der Waals surface area contributed by atoms with E-state index in [4.69, 9.17) is 5.73 Å². The van der Waals surface area contributed by atoms with E-state index in [1.807, 2.05) is 29.2 Å². The zero-order valence-corrected chi connectivity index (χ0v) is 10.5. The van der Waals surface area contributed by atoms with Gasteiger partial charge in [0, 0.05) is 24.8 Å². The maximum absolute atomic E-state index is 5.64. The molecule has 3 aromatic rings. The Morgan fingerprint density at radius 1 is 0.800 bits per heavy atom. The number of nitrogen functional groups attached to an aromatic ring is 1. The van der Waals surface area contributed by atoms with Gasteiger partial charge in [-0.25, -0.2) is 9.97 Å². The van der Waals surface area contributed by atoms with E-state index in [0.717, 1.165) is 11.4 Å². The zero-order chi connectivity index (χ0) is 13.8. The molecule has 0 saturated carbocycles. The number of rotatable bonds is 3. The standard InChI is InChI=1S/C13H11N7/c14-12-17-9-18-13(19-12)20(10-1-5-15-6-2-10)11-3-7-16-8-4-11/h1-9H,(H2,14,17,18,19). The minimum absolute atomic E-state index is 0.170. The highest BCUT2D eigenvalue weighted by Crippen LogP contribution is 2.30. The molecule has 0 amide bonds. The van der Waals surface area contributed by atoms with Crippen LogP contribution >= 0.6 is 0 Å². The van der Waals surface area contributed by atoms with Crippen molar-refractivity contribution in [1.29, 1.82) is 0 Å². The van der Waals surface area contributed by atoms with Crippen LogP contribution in [0.4, 0.5) is 23.3 Å². The predicted molar refractivity (Wildman–Crippen MR) is 74.5 cm³/mol. The quantitative estimate of drug-likeness (QED) is 0.770. The Morgan fingerprint density at radius 3 is 1.85 bits per heavy atom. The van der Waals surface area contributed by atoms with Crippen molar-refractivity contribution in [2.75, 3.05) is 10.6 Å². The molecule has 0 aliphatic rings. The van der Waals surface area contributed by atoms with Gasteiger partial charge < -0.3 is 5.73 Å². The lowest BCUT2D eigenvalue weighted by molar-refractivity contribution is 1.02. The molecule has 0 atom stereocenters. The second kappa shape index (κ2) is 5.27. The Bertz CT molecular complexity index is 648. The zero-order valence-electron chi connectivity index (χ0n) is 10.5. The lowest BCUT2D eigenvalue weighted by atomic mass is 10.3. The van der Waals surface area contributed by atoms with E-state index in [2.05, 4.69) is 24.9 Å².